The van der Waals surface area contributed by atoms with Crippen LogP contribution in [-0.2, 0) is 22.4 Å². The minimum atomic E-state index is 0.202. The summed E-state index contributed by atoms with van der Waals surface area (Å²) in [5, 5.41) is 0. The number of likely N-dealkylation sites (tertiary alicyclic amines) is 2. The zero-order chi connectivity index (χ0) is 22.9. The number of aryl methyl sites for hydroxylation is 1. The van der Waals surface area contributed by atoms with E-state index >= 15 is 0 Å². The number of amides is 2. The van der Waals surface area contributed by atoms with Crippen molar-refractivity contribution < 1.29 is 9.59 Å². The number of aromatic nitrogens is 2. The van der Waals surface area contributed by atoms with Crippen LogP contribution < -0.4 is 0 Å². The van der Waals surface area contributed by atoms with Gasteiger partial charge in [0.15, 0.2) is 0 Å². The summed E-state index contributed by atoms with van der Waals surface area (Å²) in [5.41, 5.74) is 2.27. The molecule has 1 aromatic carbocycles. The summed E-state index contributed by atoms with van der Waals surface area (Å²) in [5.74, 6) is 1.75. The highest BCUT2D eigenvalue weighted by molar-refractivity contribution is 5.77. The average Bonchev–Trinajstić information content (AvgIpc) is 2.88. The maximum atomic E-state index is 12.7. The first kappa shape index (κ1) is 23.4. The van der Waals surface area contributed by atoms with Gasteiger partial charge in [0, 0.05) is 57.6 Å². The Balaban J connectivity index is 1.10. The van der Waals surface area contributed by atoms with Crippen LogP contribution in [0.3, 0.4) is 0 Å². The third-order valence-electron chi connectivity index (χ3n) is 7.28. The van der Waals surface area contributed by atoms with E-state index in [-0.39, 0.29) is 5.91 Å². The third-order valence-corrected chi connectivity index (χ3v) is 7.28. The largest absolute Gasteiger partial charge is 0.343 e. The Morgan fingerprint density at radius 3 is 2.09 bits per heavy atom. The Kier molecular flexibility index (Phi) is 8.45. The zero-order valence-electron chi connectivity index (χ0n) is 19.6. The number of rotatable bonds is 8. The molecule has 4 rings (SSSR count). The maximum absolute atomic E-state index is 12.7. The van der Waals surface area contributed by atoms with Gasteiger partial charge in [-0.2, -0.15) is 0 Å². The predicted octanol–water partition coefficient (Wildman–Crippen LogP) is 3.91. The molecule has 33 heavy (non-hydrogen) atoms. The minimum Gasteiger partial charge on any atom is -0.343 e. The van der Waals surface area contributed by atoms with E-state index in [9.17, 15) is 9.59 Å². The lowest BCUT2D eigenvalue weighted by Gasteiger charge is -2.34. The van der Waals surface area contributed by atoms with Crippen molar-refractivity contribution in [3.05, 3.63) is 60.2 Å². The fourth-order valence-electron chi connectivity index (χ4n) is 5.14. The van der Waals surface area contributed by atoms with Gasteiger partial charge >= 0.3 is 0 Å². The molecule has 0 bridgehead atoms. The molecule has 0 N–H and O–H groups in total. The van der Waals surface area contributed by atoms with Crippen LogP contribution in [0.4, 0.5) is 0 Å². The van der Waals surface area contributed by atoms with Gasteiger partial charge in [0.1, 0.15) is 0 Å². The first-order chi connectivity index (χ1) is 16.2. The summed E-state index contributed by atoms with van der Waals surface area (Å²) in [7, 11) is 0. The second-order valence-corrected chi connectivity index (χ2v) is 9.57. The summed E-state index contributed by atoms with van der Waals surface area (Å²) in [6, 6.07) is 10.7. The lowest BCUT2D eigenvalue weighted by Crippen LogP contribution is -2.40. The van der Waals surface area contributed by atoms with Crippen molar-refractivity contribution in [2.24, 2.45) is 11.8 Å². The van der Waals surface area contributed by atoms with Crippen molar-refractivity contribution >= 4 is 11.8 Å². The molecule has 0 saturated carbocycles. The Morgan fingerprint density at radius 1 is 0.818 bits per heavy atom. The van der Waals surface area contributed by atoms with Crippen LogP contribution in [0.25, 0.3) is 0 Å². The van der Waals surface area contributed by atoms with E-state index < -0.39 is 0 Å². The number of benzene rings is 1. The molecule has 2 aromatic rings. The summed E-state index contributed by atoms with van der Waals surface area (Å²) in [4.78, 5) is 37.6. The molecule has 2 amide bonds. The number of piperidine rings is 2. The van der Waals surface area contributed by atoms with Crippen molar-refractivity contribution in [1.82, 2.24) is 19.8 Å². The highest BCUT2D eigenvalue weighted by Crippen LogP contribution is 2.25. The van der Waals surface area contributed by atoms with Gasteiger partial charge in [0.2, 0.25) is 11.8 Å². The number of hydrogen-bond donors (Lipinski definition) is 0. The second kappa shape index (κ2) is 11.9. The molecule has 2 aliphatic rings. The van der Waals surface area contributed by atoms with Crippen molar-refractivity contribution in [3.63, 3.8) is 0 Å². The van der Waals surface area contributed by atoms with E-state index in [4.69, 9.17) is 0 Å². The van der Waals surface area contributed by atoms with E-state index in [0.717, 1.165) is 70.4 Å². The summed E-state index contributed by atoms with van der Waals surface area (Å²) < 4.78 is 0. The molecule has 2 saturated heterocycles. The lowest BCUT2D eigenvalue weighted by molar-refractivity contribution is -0.134. The van der Waals surface area contributed by atoms with Gasteiger partial charge in [-0.3, -0.25) is 19.6 Å². The average molecular weight is 449 g/mol. The van der Waals surface area contributed by atoms with Crippen LogP contribution in [0.1, 0.15) is 56.2 Å². The molecule has 3 heterocycles. The van der Waals surface area contributed by atoms with Crippen molar-refractivity contribution in [3.8, 4) is 0 Å². The van der Waals surface area contributed by atoms with E-state index in [1.807, 2.05) is 4.90 Å². The number of nitrogens with zero attached hydrogens (tertiary/aromatic N) is 4. The molecule has 0 unspecified atom stereocenters. The number of carbonyl (C=O) groups excluding carboxylic acids is 2. The van der Waals surface area contributed by atoms with Crippen LogP contribution in [-0.4, -0.2) is 57.8 Å². The first-order valence-corrected chi connectivity index (χ1v) is 12.5. The van der Waals surface area contributed by atoms with Gasteiger partial charge in [-0.1, -0.05) is 30.3 Å². The van der Waals surface area contributed by atoms with Crippen LogP contribution in [0, 0.1) is 11.8 Å². The monoisotopic (exact) mass is 448 g/mol. The molecule has 2 fully saturated rings. The van der Waals surface area contributed by atoms with Crippen molar-refractivity contribution in [2.45, 2.75) is 57.8 Å². The van der Waals surface area contributed by atoms with Crippen molar-refractivity contribution in [1.29, 1.82) is 0 Å². The van der Waals surface area contributed by atoms with Gasteiger partial charge in [-0.15, -0.1) is 0 Å². The predicted molar refractivity (Wildman–Crippen MR) is 128 cm³/mol. The van der Waals surface area contributed by atoms with Gasteiger partial charge in [0.05, 0.1) is 5.69 Å². The van der Waals surface area contributed by atoms with Gasteiger partial charge in [0.25, 0.3) is 0 Å². The standard InChI is InChI=1S/C27H36N4O2/c32-26(31-18-12-24(13-19-31)20-23-4-2-1-3-5-23)8-6-22-10-16-30(17-11-22)27(33)9-7-25-21-28-14-15-29-25/h1-5,14-15,21-22,24H,6-13,16-20H2. The lowest BCUT2D eigenvalue weighted by atomic mass is 9.89. The van der Waals surface area contributed by atoms with Crippen LogP contribution in [0.15, 0.2) is 48.9 Å². The highest BCUT2D eigenvalue weighted by atomic mass is 16.2. The Hall–Kier alpha value is -2.76. The Morgan fingerprint density at radius 2 is 1.45 bits per heavy atom. The summed E-state index contributed by atoms with van der Waals surface area (Å²) in [6.07, 6.45) is 13.1. The van der Waals surface area contributed by atoms with E-state index in [1.165, 1.54) is 5.56 Å². The fourth-order valence-corrected chi connectivity index (χ4v) is 5.14. The van der Waals surface area contributed by atoms with Gasteiger partial charge in [-0.25, -0.2) is 0 Å². The molecular formula is C27H36N4O2. The molecule has 0 spiro atoms. The molecular weight excluding hydrogens is 412 g/mol. The summed E-state index contributed by atoms with van der Waals surface area (Å²) in [6.45, 7) is 3.41. The van der Waals surface area contributed by atoms with Crippen LogP contribution in [0.5, 0.6) is 0 Å². The molecule has 176 valence electrons. The Bertz CT molecular complexity index is 874. The molecule has 0 atom stereocenters. The number of carbonyl (C=O) groups is 2. The smallest absolute Gasteiger partial charge is 0.222 e. The molecule has 6 heteroatoms. The van der Waals surface area contributed by atoms with E-state index in [2.05, 4.69) is 45.2 Å². The normalized spacial score (nSPS) is 17.8. The molecule has 6 nitrogen and oxygen atoms in total. The minimum absolute atomic E-state index is 0.202. The van der Waals surface area contributed by atoms with Crippen LogP contribution in [0.2, 0.25) is 0 Å². The third kappa shape index (κ3) is 7.11. The SMILES string of the molecule is O=C(CCc1cnccn1)N1CCC(CCC(=O)N2CCC(Cc3ccccc3)CC2)CC1. The van der Waals surface area contributed by atoms with E-state index in [0.29, 0.717) is 37.0 Å². The highest BCUT2D eigenvalue weighted by Gasteiger charge is 2.26. The first-order valence-electron chi connectivity index (χ1n) is 12.5. The van der Waals surface area contributed by atoms with Gasteiger partial charge in [-0.05, 0) is 62.3 Å². The topological polar surface area (TPSA) is 66.4 Å². The Labute approximate surface area is 197 Å². The van der Waals surface area contributed by atoms with Crippen LogP contribution >= 0.6 is 0 Å². The quantitative estimate of drug-likeness (QED) is 0.614. The fraction of sp³-hybridized carbons (Fsp3) is 0.556. The summed E-state index contributed by atoms with van der Waals surface area (Å²) >= 11 is 0. The van der Waals surface area contributed by atoms with E-state index in [1.54, 1.807) is 18.6 Å². The second-order valence-electron chi connectivity index (χ2n) is 9.57. The maximum Gasteiger partial charge on any atom is 0.222 e. The van der Waals surface area contributed by atoms with Gasteiger partial charge < -0.3 is 9.80 Å². The molecule has 0 aliphatic carbocycles. The molecule has 2 aliphatic heterocycles. The van der Waals surface area contributed by atoms with Crippen molar-refractivity contribution in [2.75, 3.05) is 26.2 Å². The molecule has 1 aromatic heterocycles. The molecule has 0 radical (unpaired) electrons. The number of hydrogen-bond acceptors (Lipinski definition) is 4. The zero-order valence-corrected chi connectivity index (χ0v) is 19.6.